The van der Waals surface area contributed by atoms with Crippen LogP contribution in [0.3, 0.4) is 0 Å². The second-order valence-electron chi connectivity index (χ2n) is 8.80. The van der Waals surface area contributed by atoms with Crippen LogP contribution in [0.5, 0.6) is 5.75 Å². The molecule has 1 aromatic heterocycles. The molecule has 11 nitrogen and oxygen atoms in total. The van der Waals surface area contributed by atoms with Crippen LogP contribution < -0.4 is 9.64 Å². The molecule has 2 atom stereocenters. The predicted octanol–water partition coefficient (Wildman–Crippen LogP) is 2.80. The molecule has 2 aromatic carbocycles. The van der Waals surface area contributed by atoms with Crippen LogP contribution in [0.15, 0.2) is 53.7 Å². The lowest BCUT2D eigenvalue weighted by Gasteiger charge is -2.15. The fourth-order valence-corrected chi connectivity index (χ4v) is 4.53. The maximum Gasteiger partial charge on any atom is 0.359 e. The Balaban J connectivity index is 1.53. The number of hydrogen-bond donors (Lipinski definition) is 0. The van der Waals surface area contributed by atoms with E-state index < -0.39 is 35.6 Å². The van der Waals surface area contributed by atoms with Crippen LogP contribution in [-0.4, -0.2) is 58.9 Å². The first kappa shape index (κ1) is 24.9. The van der Waals surface area contributed by atoms with Crippen molar-refractivity contribution >= 4 is 35.0 Å². The molecule has 1 saturated heterocycles. The Morgan fingerprint density at radius 3 is 2.26 bits per heavy atom. The number of amides is 2. The zero-order valence-electron chi connectivity index (χ0n) is 21.1. The van der Waals surface area contributed by atoms with Gasteiger partial charge in [0.2, 0.25) is 17.8 Å². The number of fused-ring (bicyclic) bond motifs is 1. The number of imide groups is 1. The molecule has 2 amide bonds. The van der Waals surface area contributed by atoms with Crippen molar-refractivity contribution in [2.45, 2.75) is 26.9 Å². The number of methoxy groups -OCH3 is 1. The fourth-order valence-electron chi connectivity index (χ4n) is 4.53. The van der Waals surface area contributed by atoms with Gasteiger partial charge in [0.05, 0.1) is 36.3 Å². The minimum absolute atomic E-state index is 0.0709. The number of nitrogens with zero attached hydrogens (tertiary/aromatic N) is 4. The summed E-state index contributed by atoms with van der Waals surface area (Å²) in [6.07, 6.45) is -1.29. The van der Waals surface area contributed by atoms with Crippen molar-refractivity contribution in [2.75, 3.05) is 18.6 Å². The number of benzene rings is 2. The average molecular weight is 517 g/mol. The number of anilines is 1. The first-order valence-electron chi connectivity index (χ1n) is 11.9. The normalized spacial score (nSPS) is 18.2. The third-order valence-corrected chi connectivity index (χ3v) is 6.47. The van der Waals surface area contributed by atoms with Gasteiger partial charge in [-0.15, -0.1) is 0 Å². The van der Waals surface area contributed by atoms with E-state index in [1.807, 2.05) is 19.1 Å². The highest BCUT2D eigenvalue weighted by atomic mass is 16.7. The summed E-state index contributed by atoms with van der Waals surface area (Å²) < 4.78 is 11.7. The predicted molar refractivity (Wildman–Crippen MR) is 135 cm³/mol. The van der Waals surface area contributed by atoms with Gasteiger partial charge in [0.1, 0.15) is 17.4 Å². The van der Waals surface area contributed by atoms with Gasteiger partial charge in [-0.2, -0.15) is 5.10 Å². The van der Waals surface area contributed by atoms with Crippen LogP contribution in [0.4, 0.5) is 5.69 Å². The van der Waals surface area contributed by atoms with E-state index in [4.69, 9.17) is 14.3 Å². The number of rotatable bonds is 7. The molecule has 2 aliphatic rings. The zero-order chi connectivity index (χ0) is 27.1. The SMILES string of the molecule is CCOC(=O)c1nn(-c2ccc(C)cc2)c(C)c1C(=O)C1=NO[C@@H]2C(=O)N(c3ccc(OC)cc3)C(=O)[C@@H]12. The third kappa shape index (κ3) is 3.92. The fraction of sp³-hybridized carbons (Fsp3) is 0.259. The highest BCUT2D eigenvalue weighted by Gasteiger charge is 2.58. The molecular formula is C27H24N4O7. The standard InChI is InChI=1S/C27H24N4O7/c1-5-37-27(35)22-19(15(3)31(28-22)17-8-6-14(2)7-9-17)23(32)21-20-24(38-29-21)26(34)30(25(20)33)16-10-12-18(36-4)13-11-16/h6-13,20,24H,5H2,1-4H3/t20-,24-/m0/s1. The lowest BCUT2D eigenvalue weighted by Crippen LogP contribution is -2.34. The minimum Gasteiger partial charge on any atom is -0.497 e. The van der Waals surface area contributed by atoms with Crippen LogP contribution in [0, 0.1) is 19.8 Å². The number of carbonyl (C=O) groups excluding carboxylic acids is 4. The zero-order valence-corrected chi connectivity index (χ0v) is 21.1. The smallest absolute Gasteiger partial charge is 0.359 e. The van der Waals surface area contributed by atoms with Gasteiger partial charge in [-0.3, -0.25) is 14.4 Å². The molecule has 0 unspecified atom stereocenters. The summed E-state index contributed by atoms with van der Waals surface area (Å²) in [4.78, 5) is 59.4. The van der Waals surface area contributed by atoms with E-state index in [1.165, 1.54) is 11.8 Å². The Bertz CT molecular complexity index is 1490. The van der Waals surface area contributed by atoms with Gasteiger partial charge in [-0.25, -0.2) is 14.4 Å². The molecule has 5 rings (SSSR count). The molecule has 0 N–H and O–H groups in total. The van der Waals surface area contributed by atoms with Crippen LogP contribution in [0.1, 0.15) is 39.0 Å². The molecule has 0 bridgehead atoms. The molecule has 194 valence electrons. The highest BCUT2D eigenvalue weighted by molar-refractivity contribution is 6.53. The largest absolute Gasteiger partial charge is 0.497 e. The Morgan fingerprint density at radius 2 is 1.63 bits per heavy atom. The molecule has 38 heavy (non-hydrogen) atoms. The number of ether oxygens (including phenoxy) is 2. The third-order valence-electron chi connectivity index (χ3n) is 6.47. The van der Waals surface area contributed by atoms with E-state index in [-0.39, 0.29) is 23.6 Å². The molecular weight excluding hydrogens is 492 g/mol. The van der Waals surface area contributed by atoms with Gasteiger partial charge < -0.3 is 14.3 Å². The van der Waals surface area contributed by atoms with Crippen LogP contribution in [0.2, 0.25) is 0 Å². The van der Waals surface area contributed by atoms with Gasteiger partial charge in [0.25, 0.3) is 5.91 Å². The van der Waals surface area contributed by atoms with Crippen LogP contribution in [-0.2, 0) is 19.2 Å². The van der Waals surface area contributed by atoms with E-state index in [2.05, 4.69) is 10.3 Å². The topological polar surface area (TPSA) is 129 Å². The van der Waals surface area contributed by atoms with Crippen molar-refractivity contribution < 1.29 is 33.5 Å². The summed E-state index contributed by atoms with van der Waals surface area (Å²) in [5.74, 6) is -3.56. The number of Topliss-reactive ketones (excluding diaryl/α,β-unsaturated/α-hetero) is 1. The quantitative estimate of drug-likeness (QED) is 0.266. The molecule has 3 heterocycles. The lowest BCUT2D eigenvalue weighted by molar-refractivity contribution is -0.126. The van der Waals surface area contributed by atoms with Gasteiger partial charge in [0.15, 0.2) is 5.69 Å². The van der Waals surface area contributed by atoms with E-state index in [0.717, 1.165) is 10.5 Å². The molecule has 2 aliphatic heterocycles. The molecule has 0 spiro atoms. The van der Waals surface area contributed by atoms with Crippen molar-refractivity contribution in [1.29, 1.82) is 0 Å². The van der Waals surface area contributed by atoms with Crippen molar-refractivity contribution in [2.24, 2.45) is 11.1 Å². The number of carbonyl (C=O) groups is 4. The summed E-state index contributed by atoms with van der Waals surface area (Å²) in [6, 6.07) is 13.7. The summed E-state index contributed by atoms with van der Waals surface area (Å²) in [5, 5.41) is 8.19. The molecule has 0 radical (unpaired) electrons. The maximum atomic E-state index is 13.8. The molecule has 1 fully saturated rings. The second kappa shape index (κ2) is 9.58. The second-order valence-corrected chi connectivity index (χ2v) is 8.80. The summed E-state index contributed by atoms with van der Waals surface area (Å²) in [7, 11) is 1.50. The first-order chi connectivity index (χ1) is 18.3. The first-order valence-corrected chi connectivity index (χ1v) is 11.9. The number of hydrogen-bond acceptors (Lipinski definition) is 9. The Morgan fingerprint density at radius 1 is 0.974 bits per heavy atom. The molecule has 0 saturated carbocycles. The van der Waals surface area contributed by atoms with Gasteiger partial charge >= 0.3 is 5.97 Å². The highest BCUT2D eigenvalue weighted by Crippen LogP contribution is 2.35. The van der Waals surface area contributed by atoms with Gasteiger partial charge in [-0.1, -0.05) is 22.9 Å². The number of aryl methyl sites for hydroxylation is 1. The van der Waals surface area contributed by atoms with Gasteiger partial charge in [-0.05, 0) is 57.2 Å². The Labute approximate surface area is 217 Å². The molecule has 3 aromatic rings. The van der Waals surface area contributed by atoms with Crippen molar-refractivity contribution in [3.05, 3.63) is 71.0 Å². The van der Waals surface area contributed by atoms with Gasteiger partial charge in [0, 0.05) is 0 Å². The molecule has 11 heteroatoms. The van der Waals surface area contributed by atoms with Crippen molar-refractivity contribution in [3.8, 4) is 11.4 Å². The number of oxime groups is 1. The van der Waals surface area contributed by atoms with E-state index >= 15 is 0 Å². The van der Waals surface area contributed by atoms with Crippen molar-refractivity contribution in [1.82, 2.24) is 9.78 Å². The number of ketones is 1. The minimum atomic E-state index is -1.29. The molecule has 0 aliphatic carbocycles. The van der Waals surface area contributed by atoms with E-state index in [9.17, 15) is 19.2 Å². The van der Waals surface area contributed by atoms with Crippen molar-refractivity contribution in [3.63, 3.8) is 0 Å². The Kier molecular flexibility index (Phi) is 6.27. The summed E-state index contributed by atoms with van der Waals surface area (Å²) >= 11 is 0. The summed E-state index contributed by atoms with van der Waals surface area (Å²) in [6.45, 7) is 5.27. The average Bonchev–Trinajstić information content (AvgIpc) is 3.57. The monoisotopic (exact) mass is 516 g/mol. The summed E-state index contributed by atoms with van der Waals surface area (Å²) in [5.41, 5.74) is 1.73. The van der Waals surface area contributed by atoms with Crippen LogP contribution >= 0.6 is 0 Å². The number of aromatic nitrogens is 2. The number of esters is 1. The van der Waals surface area contributed by atoms with E-state index in [0.29, 0.717) is 22.8 Å². The lowest BCUT2D eigenvalue weighted by atomic mass is 9.92. The van der Waals surface area contributed by atoms with E-state index in [1.54, 1.807) is 50.2 Å². The maximum absolute atomic E-state index is 13.8. The Hall–Kier alpha value is -4.80. The van der Waals surface area contributed by atoms with Crippen LogP contribution in [0.25, 0.3) is 5.69 Å².